The summed E-state index contributed by atoms with van der Waals surface area (Å²) < 4.78 is 0.938. The predicted molar refractivity (Wildman–Crippen MR) is 78.4 cm³/mol. The van der Waals surface area contributed by atoms with E-state index < -0.39 is 0 Å². The Morgan fingerprint density at radius 2 is 2.22 bits per heavy atom. The number of amides is 1. The van der Waals surface area contributed by atoms with E-state index in [2.05, 4.69) is 31.5 Å². The molecule has 94 valence electrons. The van der Waals surface area contributed by atoms with E-state index in [0.717, 1.165) is 16.1 Å². The van der Waals surface area contributed by atoms with Crippen molar-refractivity contribution in [3.05, 3.63) is 39.1 Å². The van der Waals surface area contributed by atoms with E-state index in [4.69, 9.17) is 0 Å². The molecule has 2 N–H and O–H groups in total. The van der Waals surface area contributed by atoms with Crippen molar-refractivity contribution in [1.29, 1.82) is 0 Å². The minimum atomic E-state index is -0.122. The Bertz CT molecular complexity index is 539. The fraction of sp³-hybridized carbons (Fsp3) is 0.167. The number of pyridine rings is 1. The summed E-state index contributed by atoms with van der Waals surface area (Å²) in [6.07, 6.45) is 1.64. The zero-order valence-electron chi connectivity index (χ0n) is 9.74. The first-order chi connectivity index (χ1) is 8.69. The zero-order valence-corrected chi connectivity index (χ0v) is 12.1. The number of carbonyl (C=O) groups excluding carboxylic acids is 1. The molecule has 2 rings (SSSR count). The van der Waals surface area contributed by atoms with E-state index in [1.807, 2.05) is 25.1 Å². The third-order valence-electron chi connectivity index (χ3n) is 2.18. The zero-order chi connectivity index (χ0) is 13.0. The number of rotatable bonds is 4. The minimum Gasteiger partial charge on any atom is -0.370 e. The normalized spacial score (nSPS) is 10.1. The first-order valence-corrected chi connectivity index (χ1v) is 7.06. The largest absolute Gasteiger partial charge is 0.370 e. The molecule has 0 radical (unpaired) electrons. The van der Waals surface area contributed by atoms with Gasteiger partial charge in [0.05, 0.1) is 20.5 Å². The molecule has 2 heterocycles. The van der Waals surface area contributed by atoms with E-state index in [1.54, 1.807) is 12.3 Å². The lowest BCUT2D eigenvalue weighted by Gasteiger charge is -2.05. The average Bonchev–Trinajstić information content (AvgIpc) is 2.79. The molecule has 6 heteroatoms. The maximum Gasteiger partial charge on any atom is 0.265 e. The number of nitrogens with zero attached hydrogens (tertiary/aromatic N) is 1. The van der Waals surface area contributed by atoms with Crippen molar-refractivity contribution < 1.29 is 4.79 Å². The Labute approximate surface area is 118 Å². The first-order valence-electron chi connectivity index (χ1n) is 5.45. The molecular weight excluding hydrogens is 314 g/mol. The molecule has 0 atom stereocenters. The highest BCUT2D eigenvalue weighted by molar-refractivity contribution is 9.11. The standard InChI is InChI=1S/C12H12BrN3OS/c1-2-14-11-6-3-8(7-15-11)16-12(17)9-4-5-10(13)18-9/h3-7H,2H2,1H3,(H,14,15)(H,16,17). The van der Waals surface area contributed by atoms with Crippen LogP contribution in [0.1, 0.15) is 16.6 Å². The summed E-state index contributed by atoms with van der Waals surface area (Å²) in [7, 11) is 0. The molecule has 0 unspecified atom stereocenters. The molecular formula is C12H12BrN3OS. The van der Waals surface area contributed by atoms with Gasteiger partial charge in [-0.25, -0.2) is 4.98 Å². The lowest BCUT2D eigenvalue weighted by molar-refractivity contribution is 0.103. The first kappa shape index (κ1) is 13.0. The summed E-state index contributed by atoms with van der Waals surface area (Å²) in [5, 5.41) is 5.90. The van der Waals surface area contributed by atoms with Crippen molar-refractivity contribution in [2.75, 3.05) is 17.2 Å². The molecule has 0 aliphatic rings. The summed E-state index contributed by atoms with van der Waals surface area (Å²) in [5.41, 5.74) is 0.686. The quantitative estimate of drug-likeness (QED) is 0.903. The third-order valence-corrected chi connectivity index (χ3v) is 3.80. The molecule has 0 aliphatic heterocycles. The van der Waals surface area contributed by atoms with Gasteiger partial charge in [-0.1, -0.05) is 0 Å². The lowest BCUT2D eigenvalue weighted by atomic mass is 10.3. The molecule has 0 fully saturated rings. The van der Waals surface area contributed by atoms with Crippen molar-refractivity contribution in [2.24, 2.45) is 0 Å². The van der Waals surface area contributed by atoms with Gasteiger partial charge in [-0.15, -0.1) is 11.3 Å². The average molecular weight is 326 g/mol. The number of hydrogen-bond acceptors (Lipinski definition) is 4. The molecule has 0 aromatic carbocycles. The molecule has 0 saturated heterocycles. The second-order valence-corrected chi connectivity index (χ2v) is 5.98. The Morgan fingerprint density at radius 1 is 1.39 bits per heavy atom. The number of thiophene rings is 1. The van der Waals surface area contributed by atoms with Crippen molar-refractivity contribution in [1.82, 2.24) is 4.98 Å². The van der Waals surface area contributed by atoms with Crippen LogP contribution in [-0.4, -0.2) is 17.4 Å². The van der Waals surface area contributed by atoms with Crippen LogP contribution >= 0.6 is 27.3 Å². The van der Waals surface area contributed by atoms with Gasteiger partial charge in [-0.05, 0) is 47.1 Å². The molecule has 0 bridgehead atoms. The fourth-order valence-corrected chi connectivity index (χ4v) is 2.66. The summed E-state index contributed by atoms with van der Waals surface area (Å²) in [6, 6.07) is 7.30. The number of anilines is 2. The SMILES string of the molecule is CCNc1ccc(NC(=O)c2ccc(Br)s2)cn1. The smallest absolute Gasteiger partial charge is 0.265 e. The summed E-state index contributed by atoms with van der Waals surface area (Å²) in [5.74, 6) is 0.679. The van der Waals surface area contributed by atoms with Crippen LogP contribution in [0.2, 0.25) is 0 Å². The van der Waals surface area contributed by atoms with Crippen LogP contribution in [0.15, 0.2) is 34.2 Å². The Kier molecular flexibility index (Phi) is 4.33. The van der Waals surface area contributed by atoms with Crippen LogP contribution in [0.4, 0.5) is 11.5 Å². The second-order valence-electron chi connectivity index (χ2n) is 3.52. The number of halogens is 1. The van der Waals surface area contributed by atoms with Gasteiger partial charge in [0, 0.05) is 6.54 Å². The number of hydrogen-bond donors (Lipinski definition) is 2. The summed E-state index contributed by atoms with van der Waals surface area (Å²) in [4.78, 5) is 16.7. The van der Waals surface area contributed by atoms with E-state index in [1.165, 1.54) is 11.3 Å². The highest BCUT2D eigenvalue weighted by atomic mass is 79.9. The van der Waals surface area contributed by atoms with E-state index >= 15 is 0 Å². The van der Waals surface area contributed by atoms with E-state index in [0.29, 0.717) is 10.6 Å². The second kappa shape index (κ2) is 5.97. The fourth-order valence-electron chi connectivity index (χ4n) is 1.38. The van der Waals surface area contributed by atoms with Crippen molar-refractivity contribution in [2.45, 2.75) is 6.92 Å². The Balaban J connectivity index is 2.03. The molecule has 2 aromatic heterocycles. The van der Waals surface area contributed by atoms with Crippen LogP contribution in [0.5, 0.6) is 0 Å². The van der Waals surface area contributed by atoms with Crippen LogP contribution in [0, 0.1) is 0 Å². The van der Waals surface area contributed by atoms with E-state index in [-0.39, 0.29) is 5.91 Å². The van der Waals surface area contributed by atoms with Crippen LogP contribution in [-0.2, 0) is 0 Å². The number of carbonyl (C=O) groups is 1. The van der Waals surface area contributed by atoms with E-state index in [9.17, 15) is 4.79 Å². The topological polar surface area (TPSA) is 54.0 Å². The molecule has 4 nitrogen and oxygen atoms in total. The van der Waals surface area contributed by atoms with Gasteiger partial charge in [0.15, 0.2) is 0 Å². The van der Waals surface area contributed by atoms with Gasteiger partial charge in [0.25, 0.3) is 5.91 Å². The highest BCUT2D eigenvalue weighted by Gasteiger charge is 2.08. The summed E-state index contributed by atoms with van der Waals surface area (Å²) in [6.45, 7) is 2.83. The highest BCUT2D eigenvalue weighted by Crippen LogP contribution is 2.23. The number of nitrogens with one attached hydrogen (secondary N) is 2. The Hall–Kier alpha value is -1.40. The predicted octanol–water partition coefficient (Wildman–Crippen LogP) is 3.59. The molecule has 0 spiro atoms. The van der Waals surface area contributed by atoms with Crippen LogP contribution < -0.4 is 10.6 Å². The van der Waals surface area contributed by atoms with Gasteiger partial charge >= 0.3 is 0 Å². The van der Waals surface area contributed by atoms with Gasteiger partial charge in [-0.3, -0.25) is 4.79 Å². The van der Waals surface area contributed by atoms with Crippen LogP contribution in [0.3, 0.4) is 0 Å². The van der Waals surface area contributed by atoms with Gasteiger partial charge in [0.1, 0.15) is 5.82 Å². The monoisotopic (exact) mass is 325 g/mol. The van der Waals surface area contributed by atoms with Crippen LogP contribution in [0.25, 0.3) is 0 Å². The van der Waals surface area contributed by atoms with Crippen molar-refractivity contribution >= 4 is 44.7 Å². The summed E-state index contributed by atoms with van der Waals surface area (Å²) >= 11 is 4.73. The molecule has 18 heavy (non-hydrogen) atoms. The molecule has 1 amide bonds. The minimum absolute atomic E-state index is 0.122. The van der Waals surface area contributed by atoms with Gasteiger partial charge in [-0.2, -0.15) is 0 Å². The van der Waals surface area contributed by atoms with Gasteiger partial charge in [0.2, 0.25) is 0 Å². The Morgan fingerprint density at radius 3 is 2.78 bits per heavy atom. The third kappa shape index (κ3) is 3.30. The number of aromatic nitrogens is 1. The van der Waals surface area contributed by atoms with Gasteiger partial charge < -0.3 is 10.6 Å². The molecule has 2 aromatic rings. The molecule has 0 saturated carbocycles. The maximum absolute atomic E-state index is 11.9. The molecule has 0 aliphatic carbocycles. The lowest BCUT2D eigenvalue weighted by Crippen LogP contribution is -2.10. The van der Waals surface area contributed by atoms with Crippen molar-refractivity contribution in [3.63, 3.8) is 0 Å². The van der Waals surface area contributed by atoms with Crippen molar-refractivity contribution in [3.8, 4) is 0 Å². The maximum atomic E-state index is 11.9.